The number of ether oxygens (including phenoxy) is 1. The van der Waals surface area contributed by atoms with Crippen molar-refractivity contribution in [3.8, 4) is 5.75 Å². The van der Waals surface area contributed by atoms with Crippen molar-refractivity contribution in [2.75, 3.05) is 44.6 Å². The number of aliphatic hydroxyl groups is 1. The minimum absolute atomic E-state index is 0.0775. The van der Waals surface area contributed by atoms with E-state index in [2.05, 4.69) is 10.6 Å². The van der Waals surface area contributed by atoms with Gasteiger partial charge in [-0.15, -0.1) is 0 Å². The van der Waals surface area contributed by atoms with Crippen molar-refractivity contribution in [3.63, 3.8) is 0 Å². The second-order valence-electron chi connectivity index (χ2n) is 10.7. The Kier molecular flexibility index (Phi) is 11.7. The van der Waals surface area contributed by atoms with Crippen molar-refractivity contribution in [2.45, 2.75) is 57.1 Å². The van der Waals surface area contributed by atoms with Crippen LogP contribution in [0.3, 0.4) is 0 Å². The van der Waals surface area contributed by atoms with Crippen molar-refractivity contribution < 1.29 is 29.3 Å². The van der Waals surface area contributed by atoms with Gasteiger partial charge in [-0.05, 0) is 43.0 Å². The van der Waals surface area contributed by atoms with E-state index >= 15 is 0 Å². The van der Waals surface area contributed by atoms with Crippen LogP contribution in [0, 0.1) is 0 Å². The maximum Gasteiger partial charge on any atom is 0.407 e. The van der Waals surface area contributed by atoms with E-state index in [4.69, 9.17) is 27.9 Å². The number of carbonyl (C=O) groups is 3. The molecule has 1 aliphatic heterocycles. The van der Waals surface area contributed by atoms with E-state index in [0.29, 0.717) is 46.6 Å². The van der Waals surface area contributed by atoms with Crippen molar-refractivity contribution in [3.05, 3.63) is 57.6 Å². The molecule has 0 bridgehead atoms. The van der Waals surface area contributed by atoms with Crippen molar-refractivity contribution in [1.82, 2.24) is 15.1 Å². The molecule has 2 aromatic carbocycles. The highest BCUT2D eigenvalue weighted by molar-refractivity contribution is 6.42. The molecule has 4 N–H and O–H groups in total. The molecule has 1 unspecified atom stereocenters. The number of benzene rings is 2. The topological polar surface area (TPSA) is 131 Å². The number of para-hydroxylation sites is 1. The molecule has 1 fully saturated rings. The van der Waals surface area contributed by atoms with Gasteiger partial charge in [0.1, 0.15) is 5.75 Å². The van der Waals surface area contributed by atoms with Gasteiger partial charge in [-0.3, -0.25) is 9.59 Å². The van der Waals surface area contributed by atoms with E-state index in [1.807, 2.05) is 11.0 Å². The standard InChI is InChI=1S/C30H38Cl2N4O6/c31-23-10-9-20(17-24(23)32)11-14-35(30(40)41)15-12-28(39)36(21-5-2-1-3-6-21)16-13-33-18-26(37)22-7-4-8-25-29(22)42-19-27(38)34-25/h4,7-10,17,21,26,33,37H,1-3,5-6,11-16,18-19H2,(H,34,38)(H,40,41). The third-order valence-corrected chi connectivity index (χ3v) is 8.49. The zero-order chi connectivity index (χ0) is 30.1. The fraction of sp³-hybridized carbons (Fsp3) is 0.500. The number of carbonyl (C=O) groups excluding carboxylic acids is 2. The third kappa shape index (κ3) is 8.73. The van der Waals surface area contributed by atoms with Crippen LogP contribution in [-0.2, 0) is 16.0 Å². The first-order valence-corrected chi connectivity index (χ1v) is 15.1. The average molecular weight is 622 g/mol. The molecule has 1 aliphatic carbocycles. The van der Waals surface area contributed by atoms with Crippen molar-refractivity contribution in [1.29, 1.82) is 0 Å². The van der Waals surface area contributed by atoms with Gasteiger partial charge in [0.2, 0.25) is 5.91 Å². The number of nitrogens with one attached hydrogen (secondary N) is 2. The van der Waals surface area contributed by atoms with Crippen LogP contribution in [0.5, 0.6) is 5.75 Å². The van der Waals surface area contributed by atoms with Gasteiger partial charge < -0.3 is 35.4 Å². The molecule has 228 valence electrons. The van der Waals surface area contributed by atoms with Gasteiger partial charge in [0.25, 0.3) is 5.91 Å². The molecule has 0 radical (unpaired) electrons. The summed E-state index contributed by atoms with van der Waals surface area (Å²) >= 11 is 12.1. The number of hydrogen-bond acceptors (Lipinski definition) is 6. The number of aliphatic hydroxyl groups excluding tert-OH is 1. The molecule has 10 nitrogen and oxygen atoms in total. The lowest BCUT2D eigenvalue weighted by atomic mass is 9.94. The maximum atomic E-state index is 13.4. The van der Waals surface area contributed by atoms with Crippen LogP contribution in [0.1, 0.15) is 55.8 Å². The highest BCUT2D eigenvalue weighted by Gasteiger charge is 2.27. The summed E-state index contributed by atoms with van der Waals surface area (Å²) in [6, 6.07) is 10.6. The second kappa shape index (κ2) is 15.4. The van der Waals surface area contributed by atoms with E-state index in [1.54, 1.807) is 30.3 Å². The third-order valence-electron chi connectivity index (χ3n) is 7.75. The Labute approximate surface area is 255 Å². The molecule has 1 saturated carbocycles. The quantitative estimate of drug-likeness (QED) is 0.238. The minimum Gasteiger partial charge on any atom is -0.481 e. The highest BCUT2D eigenvalue weighted by atomic mass is 35.5. The van der Waals surface area contributed by atoms with Crippen molar-refractivity contribution >= 4 is 46.8 Å². The molecule has 1 heterocycles. The predicted octanol–water partition coefficient (Wildman–Crippen LogP) is 4.72. The molecule has 0 saturated heterocycles. The first kappa shape index (κ1) is 31.9. The molecule has 0 aromatic heterocycles. The van der Waals surface area contributed by atoms with E-state index in [-0.39, 0.29) is 50.5 Å². The molecule has 0 spiro atoms. The molecule has 2 aliphatic rings. The van der Waals surface area contributed by atoms with Gasteiger partial charge in [0.15, 0.2) is 6.61 Å². The Bertz CT molecular complexity index is 1260. The van der Waals surface area contributed by atoms with Crippen LogP contribution in [0.25, 0.3) is 0 Å². The monoisotopic (exact) mass is 620 g/mol. The lowest BCUT2D eigenvalue weighted by molar-refractivity contribution is -0.134. The number of carboxylic acid groups (broad SMARTS) is 1. The van der Waals surface area contributed by atoms with Crippen LogP contribution in [-0.4, -0.2) is 83.3 Å². The fourth-order valence-corrected chi connectivity index (χ4v) is 5.81. The predicted molar refractivity (Wildman–Crippen MR) is 161 cm³/mol. The van der Waals surface area contributed by atoms with Gasteiger partial charge in [0.05, 0.1) is 21.8 Å². The largest absolute Gasteiger partial charge is 0.481 e. The summed E-state index contributed by atoms with van der Waals surface area (Å²) in [5, 5.41) is 27.4. The summed E-state index contributed by atoms with van der Waals surface area (Å²) in [7, 11) is 0. The number of halogens is 2. The average Bonchev–Trinajstić information content (AvgIpc) is 2.98. The maximum absolute atomic E-state index is 13.4. The van der Waals surface area contributed by atoms with Gasteiger partial charge in [-0.2, -0.15) is 0 Å². The zero-order valence-electron chi connectivity index (χ0n) is 23.5. The molecular formula is C30H38Cl2N4O6. The first-order valence-electron chi connectivity index (χ1n) is 14.4. The molecule has 1 atom stereocenters. The lowest BCUT2D eigenvalue weighted by Gasteiger charge is -2.35. The molecular weight excluding hydrogens is 583 g/mol. The second-order valence-corrected chi connectivity index (χ2v) is 11.5. The van der Waals surface area contributed by atoms with Crippen LogP contribution in [0.4, 0.5) is 10.5 Å². The normalized spacial score (nSPS) is 15.7. The van der Waals surface area contributed by atoms with Crippen LogP contribution in [0.2, 0.25) is 10.0 Å². The summed E-state index contributed by atoms with van der Waals surface area (Å²) in [6.45, 7) is 1.39. The summed E-state index contributed by atoms with van der Waals surface area (Å²) in [5.74, 6) is 0.150. The number of amides is 3. The van der Waals surface area contributed by atoms with Crippen LogP contribution in [0.15, 0.2) is 36.4 Å². The summed E-state index contributed by atoms with van der Waals surface area (Å²) in [4.78, 5) is 40.1. The SMILES string of the molecule is O=C1COc2c(cccc2C(O)CNCCN(C(=O)CCN(CCc2ccc(Cl)c(Cl)c2)C(=O)O)C2CCCCC2)N1. The van der Waals surface area contributed by atoms with Crippen LogP contribution >= 0.6 is 23.2 Å². The van der Waals surface area contributed by atoms with Crippen molar-refractivity contribution in [2.24, 2.45) is 0 Å². The number of anilines is 1. The molecule has 4 rings (SSSR count). The van der Waals surface area contributed by atoms with E-state index in [0.717, 1.165) is 37.7 Å². The zero-order valence-corrected chi connectivity index (χ0v) is 25.0. The Hall–Kier alpha value is -3.05. The van der Waals surface area contributed by atoms with Gasteiger partial charge >= 0.3 is 6.09 Å². The Morgan fingerprint density at radius 3 is 2.60 bits per heavy atom. The number of fused-ring (bicyclic) bond motifs is 1. The number of hydrogen-bond donors (Lipinski definition) is 4. The summed E-state index contributed by atoms with van der Waals surface area (Å²) < 4.78 is 5.55. The van der Waals surface area contributed by atoms with E-state index in [1.165, 1.54) is 4.90 Å². The lowest BCUT2D eigenvalue weighted by Crippen LogP contribution is -2.46. The van der Waals surface area contributed by atoms with E-state index in [9.17, 15) is 24.6 Å². The van der Waals surface area contributed by atoms with Crippen LogP contribution < -0.4 is 15.4 Å². The van der Waals surface area contributed by atoms with Gasteiger partial charge in [-0.25, -0.2) is 4.79 Å². The number of rotatable bonds is 13. The minimum atomic E-state index is -1.07. The Morgan fingerprint density at radius 1 is 1.07 bits per heavy atom. The Morgan fingerprint density at radius 2 is 1.86 bits per heavy atom. The molecule has 3 amide bonds. The molecule has 12 heteroatoms. The fourth-order valence-electron chi connectivity index (χ4n) is 5.49. The highest BCUT2D eigenvalue weighted by Crippen LogP contribution is 2.35. The Balaban J connectivity index is 1.30. The number of nitrogens with zero attached hydrogens (tertiary/aromatic N) is 2. The van der Waals surface area contributed by atoms with Gasteiger partial charge in [0, 0.05) is 50.7 Å². The van der Waals surface area contributed by atoms with Gasteiger partial charge in [-0.1, -0.05) is 60.7 Å². The molecule has 42 heavy (non-hydrogen) atoms. The smallest absolute Gasteiger partial charge is 0.407 e. The molecule has 2 aromatic rings. The summed E-state index contributed by atoms with van der Waals surface area (Å²) in [5.41, 5.74) is 1.98. The first-order chi connectivity index (χ1) is 20.2. The summed E-state index contributed by atoms with van der Waals surface area (Å²) in [6.07, 6.45) is 3.71. The van der Waals surface area contributed by atoms with E-state index < -0.39 is 12.2 Å².